The fourth-order valence-corrected chi connectivity index (χ4v) is 4.86. The molecule has 1 aromatic carbocycles. The highest BCUT2D eigenvalue weighted by atomic mass is 16.2. The van der Waals surface area contributed by atoms with E-state index in [1.54, 1.807) is 6.08 Å². The van der Waals surface area contributed by atoms with Crippen LogP contribution in [0, 0.1) is 10.8 Å². The van der Waals surface area contributed by atoms with Crippen LogP contribution in [0.5, 0.6) is 0 Å². The van der Waals surface area contributed by atoms with Crippen LogP contribution >= 0.6 is 0 Å². The van der Waals surface area contributed by atoms with Crippen molar-refractivity contribution in [3.63, 3.8) is 0 Å². The van der Waals surface area contributed by atoms with Gasteiger partial charge in [-0.2, -0.15) is 4.99 Å². The molecule has 206 valence electrons. The van der Waals surface area contributed by atoms with E-state index in [4.69, 9.17) is 16.9 Å². The normalized spacial score (nSPS) is 17.2. The van der Waals surface area contributed by atoms with Crippen molar-refractivity contribution in [1.29, 1.82) is 5.41 Å². The lowest BCUT2D eigenvalue weighted by Crippen LogP contribution is -2.45. The molecule has 0 unspecified atom stereocenters. The van der Waals surface area contributed by atoms with E-state index in [9.17, 15) is 4.79 Å². The molecule has 2 aliphatic heterocycles. The number of amides is 1. The van der Waals surface area contributed by atoms with Gasteiger partial charge in [-0.25, -0.2) is 9.97 Å². The van der Waals surface area contributed by atoms with Crippen LogP contribution in [-0.2, 0) is 13.1 Å². The molecule has 0 atom stereocenters. The summed E-state index contributed by atoms with van der Waals surface area (Å²) in [4.78, 5) is 31.0. The van der Waals surface area contributed by atoms with Crippen molar-refractivity contribution in [2.75, 3.05) is 25.5 Å². The molecule has 1 saturated heterocycles. The summed E-state index contributed by atoms with van der Waals surface area (Å²) in [5, 5.41) is 10.7. The first kappa shape index (κ1) is 28.0. The van der Waals surface area contributed by atoms with Crippen LogP contribution in [0.3, 0.4) is 0 Å². The number of piperidine rings is 1. The fourth-order valence-electron chi connectivity index (χ4n) is 4.86. The minimum absolute atomic E-state index is 0.00643. The molecule has 4 rings (SSSR count). The molecule has 1 fully saturated rings. The molecule has 1 amide bonds. The number of allylic oxidation sites excluding steroid dienone is 2. The minimum Gasteiger partial charge on any atom is -0.401 e. The summed E-state index contributed by atoms with van der Waals surface area (Å²) in [5.41, 5.74) is 17.5. The Kier molecular flexibility index (Phi) is 8.15. The van der Waals surface area contributed by atoms with Gasteiger partial charge in [0.25, 0.3) is 11.9 Å². The van der Waals surface area contributed by atoms with E-state index in [1.807, 2.05) is 57.1 Å². The molecular weight excluding hydrogens is 490 g/mol. The van der Waals surface area contributed by atoms with E-state index < -0.39 is 0 Å². The standard InChI is InChI=1S/C29H39N9O/c1-18(14-30)22-12-19(6-7-23(22)33-5)27(39)37-10-8-21(9-11-37)38-16-20-15-34-28(35-24(20)17-38)36-26(32)13-25(31)29(2,3)4/h6-7,12-15,21,30,33H,1,8-11,16-17,31H2,2-5H3,(H2,32,34,35,36). The minimum atomic E-state index is -0.199. The van der Waals surface area contributed by atoms with Gasteiger partial charge in [0, 0.05) is 85.2 Å². The largest absolute Gasteiger partial charge is 0.401 e. The van der Waals surface area contributed by atoms with Crippen LogP contribution in [0.25, 0.3) is 5.57 Å². The predicted molar refractivity (Wildman–Crippen MR) is 157 cm³/mol. The monoisotopic (exact) mass is 529 g/mol. The molecule has 2 aromatic rings. The molecular formula is C29H39N9O. The molecule has 10 nitrogen and oxygen atoms in total. The summed E-state index contributed by atoms with van der Waals surface area (Å²) in [5.74, 6) is 0.622. The Labute approximate surface area is 230 Å². The zero-order chi connectivity index (χ0) is 28.3. The zero-order valence-electron chi connectivity index (χ0n) is 23.3. The summed E-state index contributed by atoms with van der Waals surface area (Å²) < 4.78 is 0. The van der Waals surface area contributed by atoms with E-state index >= 15 is 0 Å². The topological polar surface area (TPSA) is 150 Å². The van der Waals surface area contributed by atoms with Crippen molar-refractivity contribution in [3.05, 3.63) is 65.1 Å². The average molecular weight is 530 g/mol. The number of aliphatic imine (C=N–C) groups is 1. The number of benzene rings is 1. The lowest BCUT2D eigenvalue weighted by Gasteiger charge is -2.36. The van der Waals surface area contributed by atoms with Crippen LogP contribution < -0.4 is 16.8 Å². The number of anilines is 1. The second kappa shape index (κ2) is 11.4. The number of rotatable bonds is 7. The Bertz CT molecular complexity index is 1330. The van der Waals surface area contributed by atoms with Crippen molar-refractivity contribution in [3.8, 4) is 0 Å². The van der Waals surface area contributed by atoms with E-state index in [-0.39, 0.29) is 17.2 Å². The van der Waals surface area contributed by atoms with Gasteiger partial charge < -0.3 is 27.1 Å². The summed E-state index contributed by atoms with van der Waals surface area (Å²) in [6.45, 7) is 12.9. The number of nitrogens with one attached hydrogen (secondary N) is 2. The van der Waals surface area contributed by atoms with E-state index in [0.717, 1.165) is 48.4 Å². The van der Waals surface area contributed by atoms with Crippen LogP contribution in [0.4, 0.5) is 11.6 Å². The van der Waals surface area contributed by atoms with Gasteiger partial charge in [0.05, 0.1) is 5.69 Å². The first-order valence-electron chi connectivity index (χ1n) is 13.2. The first-order chi connectivity index (χ1) is 18.5. The van der Waals surface area contributed by atoms with Gasteiger partial charge in [-0.05, 0) is 42.7 Å². The van der Waals surface area contributed by atoms with Crippen molar-refractivity contribution in [2.45, 2.75) is 52.7 Å². The van der Waals surface area contributed by atoms with Gasteiger partial charge >= 0.3 is 0 Å². The number of fused-ring (bicyclic) bond motifs is 1. The summed E-state index contributed by atoms with van der Waals surface area (Å²) in [6.07, 6.45) is 6.47. The highest BCUT2D eigenvalue weighted by molar-refractivity contribution is 6.10. The van der Waals surface area contributed by atoms with Gasteiger partial charge in [0.2, 0.25) is 0 Å². The van der Waals surface area contributed by atoms with Gasteiger partial charge in [-0.15, -0.1) is 0 Å². The van der Waals surface area contributed by atoms with E-state index in [1.165, 1.54) is 6.21 Å². The van der Waals surface area contributed by atoms with Gasteiger partial charge in [0.1, 0.15) is 5.84 Å². The predicted octanol–water partition coefficient (Wildman–Crippen LogP) is 3.68. The Morgan fingerprint density at radius 1 is 1.23 bits per heavy atom. The highest BCUT2D eigenvalue weighted by Crippen LogP contribution is 2.29. The maximum absolute atomic E-state index is 13.3. The van der Waals surface area contributed by atoms with Gasteiger partial charge in [-0.3, -0.25) is 9.69 Å². The third-order valence-electron chi connectivity index (χ3n) is 7.39. The number of aromatic nitrogens is 2. The smallest absolute Gasteiger partial charge is 0.253 e. The molecule has 0 aliphatic carbocycles. The molecule has 39 heavy (non-hydrogen) atoms. The second-order valence-electron chi connectivity index (χ2n) is 11.1. The number of hydrogen-bond acceptors (Lipinski definition) is 8. The molecule has 3 heterocycles. The lowest BCUT2D eigenvalue weighted by molar-refractivity contribution is 0.0613. The maximum Gasteiger partial charge on any atom is 0.253 e. The number of nitrogens with two attached hydrogens (primary N) is 2. The molecule has 6 N–H and O–H groups in total. The summed E-state index contributed by atoms with van der Waals surface area (Å²) in [6, 6.07) is 5.88. The molecule has 0 saturated carbocycles. The molecule has 0 radical (unpaired) electrons. The van der Waals surface area contributed by atoms with Crippen molar-refractivity contribution < 1.29 is 4.79 Å². The van der Waals surface area contributed by atoms with Crippen molar-refractivity contribution in [1.82, 2.24) is 19.8 Å². The zero-order valence-corrected chi connectivity index (χ0v) is 23.3. The van der Waals surface area contributed by atoms with Gasteiger partial charge in [0.15, 0.2) is 0 Å². The Morgan fingerprint density at radius 2 is 1.95 bits per heavy atom. The third kappa shape index (κ3) is 6.34. The average Bonchev–Trinajstić information content (AvgIpc) is 3.34. The molecule has 0 bridgehead atoms. The molecule has 2 aliphatic rings. The number of carbonyl (C=O) groups is 1. The lowest BCUT2D eigenvalue weighted by atomic mass is 9.92. The fraction of sp³-hybridized carbons (Fsp3) is 0.414. The third-order valence-corrected chi connectivity index (χ3v) is 7.39. The highest BCUT2D eigenvalue weighted by Gasteiger charge is 2.32. The number of hydrogen-bond donors (Lipinski definition) is 4. The number of nitrogens with zero attached hydrogens (tertiary/aromatic N) is 5. The van der Waals surface area contributed by atoms with Crippen LogP contribution in [0.15, 0.2) is 47.7 Å². The quantitative estimate of drug-likeness (QED) is 0.316. The van der Waals surface area contributed by atoms with Crippen LogP contribution in [0.2, 0.25) is 0 Å². The van der Waals surface area contributed by atoms with Crippen LogP contribution in [-0.4, -0.2) is 63.9 Å². The summed E-state index contributed by atoms with van der Waals surface area (Å²) in [7, 11) is 1.82. The van der Waals surface area contributed by atoms with Crippen molar-refractivity contribution in [2.24, 2.45) is 21.9 Å². The number of likely N-dealkylation sites (tertiary alicyclic amines) is 1. The molecule has 10 heteroatoms. The van der Waals surface area contributed by atoms with E-state index in [0.29, 0.717) is 41.9 Å². The Balaban J connectivity index is 1.37. The molecule has 0 spiro atoms. The second-order valence-corrected chi connectivity index (χ2v) is 11.1. The van der Waals surface area contributed by atoms with Crippen LogP contribution in [0.1, 0.15) is 60.8 Å². The summed E-state index contributed by atoms with van der Waals surface area (Å²) >= 11 is 0. The SMILES string of the molecule is C=C(C=N)c1cc(C(=O)N2CCC(N3Cc4cnc(N=C(N)C=C(N)C(C)(C)C)nc4C3)CC2)ccc1NC. The van der Waals surface area contributed by atoms with Crippen molar-refractivity contribution >= 4 is 35.2 Å². The number of amidine groups is 1. The number of carbonyl (C=O) groups excluding carboxylic acids is 1. The van der Waals surface area contributed by atoms with Gasteiger partial charge in [-0.1, -0.05) is 27.4 Å². The Morgan fingerprint density at radius 3 is 2.59 bits per heavy atom. The molecule has 1 aromatic heterocycles. The first-order valence-corrected chi connectivity index (χ1v) is 13.2. The Hall–Kier alpha value is -4.05. The maximum atomic E-state index is 13.3. The van der Waals surface area contributed by atoms with E-state index in [2.05, 4.69) is 31.8 Å².